The average molecular weight is 693 g/mol. The minimum atomic E-state index is -4.71. The second kappa shape index (κ2) is 15.4. The largest absolute Gasteiger partial charge is 0.416 e. The Balaban J connectivity index is 1.44. The molecule has 2 fully saturated rings. The summed E-state index contributed by atoms with van der Waals surface area (Å²) < 4.78 is 54.7. The Morgan fingerprint density at radius 1 is 1.12 bits per heavy atom. The van der Waals surface area contributed by atoms with Gasteiger partial charge >= 0.3 is 12.2 Å². The summed E-state index contributed by atoms with van der Waals surface area (Å²) in [5.74, 6) is 4.58. The third-order valence-corrected chi connectivity index (χ3v) is 8.21. The van der Waals surface area contributed by atoms with E-state index in [4.69, 9.17) is 0 Å². The number of halogens is 4. The van der Waals surface area contributed by atoms with E-state index in [2.05, 4.69) is 49.2 Å². The van der Waals surface area contributed by atoms with E-state index >= 15 is 0 Å². The summed E-state index contributed by atoms with van der Waals surface area (Å²) in [6.07, 6.45) is -0.134. The first-order valence-electron chi connectivity index (χ1n) is 16.0. The van der Waals surface area contributed by atoms with Crippen molar-refractivity contribution in [2.45, 2.75) is 33.0 Å². The molecule has 0 radical (unpaired) electrons. The van der Waals surface area contributed by atoms with Gasteiger partial charge in [0.15, 0.2) is 5.82 Å². The first-order valence-corrected chi connectivity index (χ1v) is 16.0. The molecule has 0 unspecified atom stereocenters. The Bertz CT molecular complexity index is 1830. The molecule has 1 atom stereocenters. The lowest BCUT2D eigenvalue weighted by molar-refractivity contribution is -0.137. The monoisotopic (exact) mass is 692 g/mol. The number of rotatable bonds is 8. The number of anilines is 4. The summed E-state index contributed by atoms with van der Waals surface area (Å²) in [5.41, 5.74) is 0.136. The molecule has 4 heterocycles. The van der Waals surface area contributed by atoms with Crippen LogP contribution in [-0.4, -0.2) is 84.6 Å². The highest BCUT2D eigenvalue weighted by Crippen LogP contribution is 2.33. The van der Waals surface area contributed by atoms with Crippen molar-refractivity contribution in [3.63, 3.8) is 0 Å². The number of hydrogen-bond donors (Lipinski definition) is 2. The fraction of sp³-hybridized carbons (Fsp3) is 0.343. The highest BCUT2D eigenvalue weighted by Gasteiger charge is 2.42. The Hall–Kier alpha value is -5.49. The third-order valence-electron chi connectivity index (χ3n) is 8.21. The van der Waals surface area contributed by atoms with Crippen LogP contribution < -0.4 is 25.3 Å². The zero-order valence-electron chi connectivity index (χ0n) is 27.7. The van der Waals surface area contributed by atoms with Crippen molar-refractivity contribution in [1.29, 1.82) is 0 Å². The summed E-state index contributed by atoms with van der Waals surface area (Å²) in [6, 6.07) is 6.20. The van der Waals surface area contributed by atoms with Crippen LogP contribution in [-0.2, 0) is 15.8 Å². The van der Waals surface area contributed by atoms with Gasteiger partial charge < -0.3 is 20.4 Å². The maximum atomic E-state index is 14.1. The third kappa shape index (κ3) is 8.38. The van der Waals surface area contributed by atoms with E-state index in [1.807, 2.05) is 0 Å². The van der Waals surface area contributed by atoms with Crippen molar-refractivity contribution in [3.8, 4) is 11.8 Å². The normalized spacial score (nSPS) is 16.6. The molecule has 0 aliphatic carbocycles. The number of amides is 4. The first-order chi connectivity index (χ1) is 23.9. The minimum Gasteiger partial charge on any atom is -0.352 e. The molecular formula is C35H36F4N8O3. The van der Waals surface area contributed by atoms with E-state index in [0.29, 0.717) is 23.1 Å². The zero-order chi connectivity index (χ0) is 36.0. The Kier molecular flexibility index (Phi) is 11.0. The Morgan fingerprint density at radius 3 is 2.50 bits per heavy atom. The van der Waals surface area contributed by atoms with Crippen LogP contribution in [0, 0.1) is 24.6 Å². The standard InChI is InChI=1S/C35H36F4N8O3/c1-4-7-31(48)43-28-19-24(21-40-32(28)45-16-14-44(5-2)15-17-45)8-6-13-46(27-11-9-26(36)10-12-27)33(49)29-22-41-34(50)47(29)30-20-25(35(37,38)39)18-23(3)42-30/h4,7,9-12,18-21,29H,5,13-17,22H2,1-3H3,(H,41,50)(H,43,48)/t29-/m0/s1. The number of hydrogen-bond acceptors (Lipinski definition) is 7. The number of urea groups is 1. The zero-order valence-corrected chi connectivity index (χ0v) is 27.7. The van der Waals surface area contributed by atoms with Crippen molar-refractivity contribution in [2.75, 3.05) is 65.8 Å². The molecule has 0 saturated carbocycles. The summed E-state index contributed by atoms with van der Waals surface area (Å²) in [7, 11) is 0. The number of likely N-dealkylation sites (N-methyl/N-ethyl adjacent to an activating group) is 1. The first kappa shape index (κ1) is 35.8. The van der Waals surface area contributed by atoms with Crippen LogP contribution in [0.2, 0.25) is 0 Å². The van der Waals surface area contributed by atoms with E-state index in [1.54, 1.807) is 25.3 Å². The average Bonchev–Trinajstić information content (AvgIpc) is 3.48. The number of aromatic nitrogens is 2. The summed E-state index contributed by atoms with van der Waals surface area (Å²) in [4.78, 5) is 54.7. The van der Waals surface area contributed by atoms with Crippen molar-refractivity contribution >= 4 is 40.9 Å². The molecule has 15 heteroatoms. The van der Waals surface area contributed by atoms with Gasteiger partial charge in [0.2, 0.25) is 5.91 Å². The van der Waals surface area contributed by atoms with Crippen molar-refractivity contribution in [2.24, 2.45) is 0 Å². The van der Waals surface area contributed by atoms with Crippen LogP contribution in [0.4, 0.5) is 45.4 Å². The van der Waals surface area contributed by atoms with Gasteiger partial charge in [0.25, 0.3) is 5.91 Å². The van der Waals surface area contributed by atoms with Gasteiger partial charge in [-0.05, 0) is 68.9 Å². The smallest absolute Gasteiger partial charge is 0.352 e. The topological polar surface area (TPSA) is 114 Å². The van der Waals surface area contributed by atoms with E-state index < -0.39 is 35.5 Å². The molecule has 2 aliphatic rings. The molecule has 262 valence electrons. The van der Waals surface area contributed by atoms with Crippen LogP contribution in [0.25, 0.3) is 0 Å². The van der Waals surface area contributed by atoms with E-state index in [0.717, 1.165) is 55.8 Å². The molecule has 3 aromatic rings. The van der Waals surface area contributed by atoms with Crippen molar-refractivity contribution in [3.05, 3.63) is 83.5 Å². The molecular weight excluding hydrogens is 656 g/mol. The van der Waals surface area contributed by atoms with E-state index in [1.165, 1.54) is 30.0 Å². The summed E-state index contributed by atoms with van der Waals surface area (Å²) >= 11 is 0. The number of aryl methyl sites for hydroxylation is 1. The number of nitrogens with one attached hydrogen (secondary N) is 2. The van der Waals surface area contributed by atoms with Crippen molar-refractivity contribution < 1.29 is 31.9 Å². The number of pyridine rings is 2. The van der Waals surface area contributed by atoms with E-state index in [9.17, 15) is 31.9 Å². The molecule has 0 spiro atoms. The lowest BCUT2D eigenvalue weighted by Crippen LogP contribution is -2.48. The molecule has 2 aromatic heterocycles. The quantitative estimate of drug-likeness (QED) is 0.202. The molecule has 2 N–H and O–H groups in total. The fourth-order valence-electron chi connectivity index (χ4n) is 5.69. The van der Waals surface area contributed by atoms with Crippen LogP contribution in [0.1, 0.15) is 30.7 Å². The highest BCUT2D eigenvalue weighted by atomic mass is 19.4. The molecule has 1 aromatic carbocycles. The van der Waals surface area contributed by atoms with E-state index in [-0.39, 0.29) is 36.2 Å². The summed E-state index contributed by atoms with van der Waals surface area (Å²) in [6.45, 7) is 8.80. The van der Waals surface area contributed by atoms with Gasteiger partial charge in [0, 0.05) is 55.9 Å². The Labute approximate surface area is 287 Å². The second-order valence-corrected chi connectivity index (χ2v) is 11.6. The van der Waals surface area contributed by atoms with Gasteiger partial charge in [0.05, 0.1) is 17.8 Å². The van der Waals surface area contributed by atoms with Gasteiger partial charge in [0.1, 0.15) is 17.7 Å². The van der Waals surface area contributed by atoms with Gasteiger partial charge in [-0.2, -0.15) is 13.2 Å². The van der Waals surface area contributed by atoms with Crippen LogP contribution in [0.5, 0.6) is 0 Å². The maximum Gasteiger partial charge on any atom is 0.416 e. The lowest BCUT2D eigenvalue weighted by atomic mass is 10.1. The number of carbonyl (C=O) groups is 3. The SMILES string of the molecule is CC=CC(=O)Nc1cc(C#CCN(C(=O)[C@@H]2CNC(=O)N2c2cc(C(F)(F)F)cc(C)n2)c2ccc(F)cc2)cnc1N1CCN(CC)CC1. The summed E-state index contributed by atoms with van der Waals surface area (Å²) in [5, 5.41) is 5.38. The van der Waals surface area contributed by atoms with Crippen LogP contribution in [0.15, 0.2) is 60.8 Å². The van der Waals surface area contributed by atoms with Gasteiger partial charge in [-0.3, -0.25) is 19.4 Å². The van der Waals surface area contributed by atoms with Gasteiger partial charge in [-0.15, -0.1) is 0 Å². The highest BCUT2D eigenvalue weighted by molar-refractivity contribution is 6.08. The second-order valence-electron chi connectivity index (χ2n) is 11.6. The minimum absolute atomic E-state index is 0.00565. The molecule has 4 amide bonds. The molecule has 2 aliphatic heterocycles. The number of nitrogens with zero attached hydrogens (tertiary/aromatic N) is 6. The number of allylic oxidation sites excluding steroid dienone is 1. The molecule has 0 bridgehead atoms. The number of piperazine rings is 1. The molecule has 5 rings (SSSR count). The molecule has 11 nitrogen and oxygen atoms in total. The fourth-order valence-corrected chi connectivity index (χ4v) is 5.69. The van der Waals surface area contributed by atoms with Crippen LogP contribution in [0.3, 0.4) is 0 Å². The number of benzene rings is 1. The number of carbonyl (C=O) groups excluding carboxylic acids is 3. The number of alkyl halides is 3. The molecule has 50 heavy (non-hydrogen) atoms. The Morgan fingerprint density at radius 2 is 1.84 bits per heavy atom. The van der Waals surface area contributed by atoms with Crippen molar-refractivity contribution in [1.82, 2.24) is 20.2 Å². The van der Waals surface area contributed by atoms with Gasteiger partial charge in [-0.25, -0.2) is 19.2 Å². The molecule has 2 saturated heterocycles. The predicted molar refractivity (Wildman–Crippen MR) is 181 cm³/mol. The lowest BCUT2D eigenvalue weighted by Gasteiger charge is -2.35. The predicted octanol–water partition coefficient (Wildman–Crippen LogP) is 4.58. The van der Waals surface area contributed by atoms with Gasteiger partial charge in [-0.1, -0.05) is 24.8 Å². The maximum absolute atomic E-state index is 14.1. The van der Waals surface area contributed by atoms with Crippen LogP contribution >= 0.6 is 0 Å².